The van der Waals surface area contributed by atoms with E-state index in [9.17, 15) is 9.90 Å². The fourth-order valence-corrected chi connectivity index (χ4v) is 3.40. The van der Waals surface area contributed by atoms with E-state index in [1.807, 2.05) is 24.3 Å². The van der Waals surface area contributed by atoms with Crippen molar-refractivity contribution in [3.8, 4) is 16.9 Å². The molecular weight excluding hydrogens is 328 g/mol. The summed E-state index contributed by atoms with van der Waals surface area (Å²) in [6, 6.07) is 20.7. The second kappa shape index (κ2) is 6.44. The summed E-state index contributed by atoms with van der Waals surface area (Å²) in [5.74, 6) is -0.0738. The highest BCUT2D eigenvalue weighted by atomic mass is 16.5. The number of hydrogen-bond donors (Lipinski definition) is 3. The molecule has 0 saturated carbocycles. The first kappa shape index (κ1) is 16.0. The molecule has 0 aromatic heterocycles. The van der Waals surface area contributed by atoms with Crippen molar-refractivity contribution in [2.24, 2.45) is 0 Å². The van der Waals surface area contributed by atoms with E-state index in [0.717, 1.165) is 11.1 Å². The molecule has 0 heterocycles. The number of nitrogens with two attached hydrogens (primary N) is 1. The van der Waals surface area contributed by atoms with E-state index in [-0.39, 0.29) is 24.0 Å². The molecule has 3 aromatic rings. The van der Waals surface area contributed by atoms with Gasteiger partial charge in [0.15, 0.2) is 0 Å². The van der Waals surface area contributed by atoms with E-state index in [0.29, 0.717) is 5.69 Å². The van der Waals surface area contributed by atoms with Crippen LogP contribution in [0.1, 0.15) is 17.0 Å². The Balaban J connectivity index is 1.51. The topological polar surface area (TPSA) is 84.6 Å². The van der Waals surface area contributed by atoms with Crippen molar-refractivity contribution in [3.63, 3.8) is 0 Å². The van der Waals surface area contributed by atoms with Gasteiger partial charge >= 0.3 is 6.09 Å². The van der Waals surface area contributed by atoms with Crippen LogP contribution in [0.3, 0.4) is 0 Å². The number of fused-ring (bicyclic) bond motifs is 3. The Hall–Kier alpha value is -3.47. The van der Waals surface area contributed by atoms with Gasteiger partial charge in [-0.15, -0.1) is 0 Å². The number of hydrogen-bond acceptors (Lipinski definition) is 4. The van der Waals surface area contributed by atoms with Crippen molar-refractivity contribution in [2.45, 2.75) is 5.92 Å². The van der Waals surface area contributed by atoms with Gasteiger partial charge in [-0.2, -0.15) is 0 Å². The van der Waals surface area contributed by atoms with Crippen molar-refractivity contribution in [1.29, 1.82) is 0 Å². The summed E-state index contributed by atoms with van der Waals surface area (Å²) in [7, 11) is 0. The Kier molecular flexibility index (Phi) is 3.97. The third-order valence-electron chi connectivity index (χ3n) is 4.60. The first-order valence-corrected chi connectivity index (χ1v) is 8.34. The zero-order chi connectivity index (χ0) is 18.1. The lowest BCUT2D eigenvalue weighted by molar-refractivity contribution is 0.158. The summed E-state index contributed by atoms with van der Waals surface area (Å²) in [5, 5.41) is 12.3. The molecule has 0 atom stereocenters. The maximum absolute atomic E-state index is 12.2. The summed E-state index contributed by atoms with van der Waals surface area (Å²) in [6.07, 6.45) is -0.632. The van der Waals surface area contributed by atoms with E-state index in [1.165, 1.54) is 23.3 Å². The number of benzene rings is 3. The molecule has 0 saturated heterocycles. The van der Waals surface area contributed by atoms with Crippen LogP contribution in [0, 0.1) is 0 Å². The number of anilines is 2. The van der Waals surface area contributed by atoms with Crippen LogP contribution in [0.15, 0.2) is 66.7 Å². The number of ether oxygens (including phenoxy) is 1. The quantitative estimate of drug-likeness (QED) is 0.374. The van der Waals surface area contributed by atoms with Gasteiger partial charge in [-0.05, 0) is 40.5 Å². The Morgan fingerprint density at radius 2 is 1.62 bits per heavy atom. The lowest BCUT2D eigenvalue weighted by Crippen LogP contribution is -2.18. The van der Waals surface area contributed by atoms with Crippen molar-refractivity contribution in [3.05, 3.63) is 77.9 Å². The van der Waals surface area contributed by atoms with Gasteiger partial charge in [0.25, 0.3) is 0 Å². The molecule has 1 aliphatic rings. The highest BCUT2D eigenvalue weighted by Gasteiger charge is 2.29. The number of phenols is 1. The fraction of sp³-hybridized carbons (Fsp3) is 0.0952. The van der Waals surface area contributed by atoms with Gasteiger partial charge in [-0.25, -0.2) is 4.79 Å². The maximum atomic E-state index is 12.2. The number of nitrogens with one attached hydrogen (secondary N) is 1. The molecule has 4 N–H and O–H groups in total. The smallest absolute Gasteiger partial charge is 0.411 e. The molecule has 0 unspecified atom stereocenters. The molecule has 26 heavy (non-hydrogen) atoms. The maximum Gasteiger partial charge on any atom is 0.411 e. The number of carbonyl (C=O) groups is 1. The molecule has 0 spiro atoms. The Labute approximate surface area is 151 Å². The molecule has 0 fully saturated rings. The Morgan fingerprint density at radius 3 is 2.27 bits per heavy atom. The predicted octanol–water partition coefficient (Wildman–Crippen LogP) is 4.34. The van der Waals surface area contributed by atoms with E-state index < -0.39 is 6.09 Å². The van der Waals surface area contributed by atoms with Gasteiger partial charge < -0.3 is 15.6 Å². The van der Waals surface area contributed by atoms with Crippen LogP contribution >= 0.6 is 0 Å². The number of aromatic hydroxyl groups is 1. The van der Waals surface area contributed by atoms with Gasteiger partial charge in [-0.3, -0.25) is 5.32 Å². The fourth-order valence-electron chi connectivity index (χ4n) is 3.40. The van der Waals surface area contributed by atoms with Crippen LogP contribution in [0.2, 0.25) is 0 Å². The summed E-state index contributed by atoms with van der Waals surface area (Å²) < 4.78 is 5.44. The van der Waals surface area contributed by atoms with Gasteiger partial charge in [0.2, 0.25) is 0 Å². The van der Waals surface area contributed by atoms with Crippen molar-refractivity contribution in [2.75, 3.05) is 17.7 Å². The minimum absolute atomic E-state index is 0.0115. The number of amides is 1. The van der Waals surface area contributed by atoms with Crippen LogP contribution in [0.25, 0.3) is 11.1 Å². The normalized spacial score (nSPS) is 12.3. The minimum atomic E-state index is -0.632. The van der Waals surface area contributed by atoms with Crippen molar-refractivity contribution < 1.29 is 14.6 Å². The lowest BCUT2D eigenvalue weighted by Gasteiger charge is -2.15. The van der Waals surface area contributed by atoms with Gasteiger partial charge in [0, 0.05) is 11.6 Å². The average Bonchev–Trinajstić information content (AvgIpc) is 2.97. The molecule has 0 bridgehead atoms. The van der Waals surface area contributed by atoms with Crippen molar-refractivity contribution in [1.82, 2.24) is 0 Å². The molecule has 3 aromatic carbocycles. The van der Waals surface area contributed by atoms with E-state index in [2.05, 4.69) is 29.6 Å². The molecule has 0 aliphatic heterocycles. The molecule has 130 valence electrons. The zero-order valence-electron chi connectivity index (χ0n) is 14.0. The van der Waals surface area contributed by atoms with Crippen LogP contribution in [0.5, 0.6) is 5.75 Å². The highest BCUT2D eigenvalue weighted by molar-refractivity contribution is 5.87. The Morgan fingerprint density at radius 1 is 1.00 bits per heavy atom. The predicted molar refractivity (Wildman–Crippen MR) is 101 cm³/mol. The first-order valence-electron chi connectivity index (χ1n) is 8.34. The number of phenolic OH excluding ortho intramolecular Hbond substituents is 1. The van der Waals surface area contributed by atoms with Gasteiger partial charge in [0.1, 0.15) is 12.4 Å². The minimum Gasteiger partial charge on any atom is -0.506 e. The molecular formula is C21H18N2O3. The molecule has 4 rings (SSSR count). The number of carbonyl (C=O) groups excluding carboxylic acids is 1. The van der Waals surface area contributed by atoms with Gasteiger partial charge in [-0.1, -0.05) is 48.5 Å². The van der Waals surface area contributed by atoms with Crippen LogP contribution in [-0.2, 0) is 4.74 Å². The van der Waals surface area contributed by atoms with Crippen LogP contribution < -0.4 is 11.1 Å². The number of rotatable bonds is 3. The lowest BCUT2D eigenvalue weighted by atomic mass is 9.98. The molecule has 1 aliphatic carbocycles. The third-order valence-corrected chi connectivity index (χ3v) is 4.60. The second-order valence-electron chi connectivity index (χ2n) is 6.23. The summed E-state index contributed by atoms with van der Waals surface area (Å²) in [6.45, 7) is 0.211. The summed E-state index contributed by atoms with van der Waals surface area (Å²) in [4.78, 5) is 12.2. The molecule has 5 heteroatoms. The molecule has 5 nitrogen and oxygen atoms in total. The van der Waals surface area contributed by atoms with Crippen molar-refractivity contribution >= 4 is 17.5 Å². The van der Waals surface area contributed by atoms with E-state index >= 15 is 0 Å². The second-order valence-corrected chi connectivity index (χ2v) is 6.23. The zero-order valence-corrected chi connectivity index (χ0v) is 14.0. The SMILES string of the molecule is Nc1ccc(O)c(NC(=O)OCC2c3ccccc3-c3ccccc32)c1. The van der Waals surface area contributed by atoms with Gasteiger partial charge in [0.05, 0.1) is 5.69 Å². The molecule has 0 radical (unpaired) electrons. The molecule has 1 amide bonds. The van der Waals surface area contributed by atoms with E-state index in [4.69, 9.17) is 10.5 Å². The summed E-state index contributed by atoms with van der Waals surface area (Å²) >= 11 is 0. The first-order chi connectivity index (χ1) is 12.6. The third kappa shape index (κ3) is 2.84. The monoisotopic (exact) mass is 346 g/mol. The average molecular weight is 346 g/mol. The summed E-state index contributed by atoms with van der Waals surface area (Å²) in [5.41, 5.74) is 11.0. The Bertz CT molecular complexity index is 939. The van der Waals surface area contributed by atoms with E-state index in [1.54, 1.807) is 6.07 Å². The largest absolute Gasteiger partial charge is 0.506 e. The van der Waals surface area contributed by atoms with Crippen LogP contribution in [0.4, 0.5) is 16.2 Å². The van der Waals surface area contributed by atoms with Crippen LogP contribution in [-0.4, -0.2) is 17.8 Å². The number of nitrogen functional groups attached to an aromatic ring is 1. The highest BCUT2D eigenvalue weighted by Crippen LogP contribution is 2.44. The standard InChI is InChI=1S/C21H18N2O3/c22-13-9-10-20(24)19(11-13)23-21(25)26-12-18-16-7-3-1-5-14(16)15-6-2-4-8-17(15)18/h1-11,18,24H,12,22H2,(H,23,25).